The van der Waals surface area contributed by atoms with Gasteiger partial charge in [0.05, 0.1) is 5.69 Å². The lowest BCUT2D eigenvalue weighted by Crippen LogP contribution is -2.45. The highest BCUT2D eigenvalue weighted by Crippen LogP contribution is 2.17. The van der Waals surface area contributed by atoms with E-state index in [4.69, 9.17) is 5.73 Å². The molecule has 0 fully saturated rings. The molecule has 1 aromatic rings. The Hall–Kier alpha value is -2.37. The van der Waals surface area contributed by atoms with Crippen LogP contribution in [0.1, 0.15) is 27.2 Å². The number of hydrogen-bond acceptors (Lipinski definition) is 4. The van der Waals surface area contributed by atoms with Crippen LogP contribution in [0.4, 0.5) is 11.4 Å². The van der Waals surface area contributed by atoms with Gasteiger partial charge in [-0.3, -0.25) is 14.4 Å². The Kier molecular flexibility index (Phi) is 5.90. The maximum atomic E-state index is 12.1. The van der Waals surface area contributed by atoms with E-state index in [2.05, 4.69) is 5.32 Å². The first-order chi connectivity index (χ1) is 9.82. The largest absolute Gasteiger partial charge is 0.399 e. The van der Waals surface area contributed by atoms with Crippen LogP contribution in [0.5, 0.6) is 0 Å². The second kappa shape index (κ2) is 7.42. The number of imide groups is 1. The number of carbonyl (C=O) groups excluding carboxylic acids is 3. The fourth-order valence-corrected chi connectivity index (χ4v) is 1.72. The van der Waals surface area contributed by atoms with Gasteiger partial charge in [-0.15, -0.1) is 0 Å². The van der Waals surface area contributed by atoms with E-state index >= 15 is 0 Å². The van der Waals surface area contributed by atoms with Gasteiger partial charge in [0.1, 0.15) is 0 Å². The van der Waals surface area contributed by atoms with E-state index in [9.17, 15) is 14.4 Å². The maximum Gasteiger partial charge on any atom is 0.323 e. The first kappa shape index (κ1) is 16.7. The van der Waals surface area contributed by atoms with Gasteiger partial charge in [0.2, 0.25) is 5.91 Å². The minimum Gasteiger partial charge on any atom is -0.399 e. The number of nitrogens with one attached hydrogen (secondary N) is 1. The summed E-state index contributed by atoms with van der Waals surface area (Å²) in [4.78, 5) is 36.4. The quantitative estimate of drug-likeness (QED) is 0.646. The standard InChI is InChI=1S/C15H21N3O3/c1-10(2)8-9-17-14(20)15(21)18(11(3)19)13-6-4-12(16)5-7-13/h4-7,10H,8-9,16H2,1-3H3,(H,17,20). The molecule has 114 valence electrons. The predicted octanol–water partition coefficient (Wildman–Crippen LogP) is 1.31. The third-order valence-electron chi connectivity index (χ3n) is 2.87. The zero-order valence-corrected chi connectivity index (χ0v) is 12.6. The molecule has 0 saturated heterocycles. The summed E-state index contributed by atoms with van der Waals surface area (Å²) in [6.07, 6.45) is 0.765. The van der Waals surface area contributed by atoms with Crippen molar-refractivity contribution in [3.8, 4) is 0 Å². The Labute approximate surface area is 124 Å². The fourth-order valence-electron chi connectivity index (χ4n) is 1.72. The minimum atomic E-state index is -0.893. The Bertz CT molecular complexity index is 523. The number of benzene rings is 1. The van der Waals surface area contributed by atoms with Crippen molar-refractivity contribution >= 4 is 29.1 Å². The summed E-state index contributed by atoms with van der Waals surface area (Å²) in [7, 11) is 0. The lowest BCUT2D eigenvalue weighted by Gasteiger charge is -2.19. The van der Waals surface area contributed by atoms with Crippen molar-refractivity contribution in [3.63, 3.8) is 0 Å². The SMILES string of the molecule is CC(=O)N(C(=O)C(=O)NCCC(C)C)c1ccc(N)cc1. The molecule has 0 radical (unpaired) electrons. The molecular formula is C15H21N3O3. The lowest BCUT2D eigenvalue weighted by molar-refractivity contribution is -0.139. The number of nitrogens with zero attached hydrogens (tertiary/aromatic N) is 1. The van der Waals surface area contributed by atoms with Crippen molar-refractivity contribution in [1.82, 2.24) is 5.32 Å². The Morgan fingerprint density at radius 3 is 2.24 bits per heavy atom. The summed E-state index contributed by atoms with van der Waals surface area (Å²) in [6.45, 7) is 5.67. The molecule has 1 rings (SSSR count). The molecule has 0 heterocycles. The predicted molar refractivity (Wildman–Crippen MR) is 81.5 cm³/mol. The number of hydrogen-bond donors (Lipinski definition) is 2. The highest BCUT2D eigenvalue weighted by molar-refractivity contribution is 6.45. The van der Waals surface area contributed by atoms with E-state index in [-0.39, 0.29) is 0 Å². The van der Waals surface area contributed by atoms with E-state index in [0.717, 1.165) is 11.3 Å². The van der Waals surface area contributed by atoms with E-state index in [1.165, 1.54) is 19.1 Å². The van der Waals surface area contributed by atoms with Crippen molar-refractivity contribution < 1.29 is 14.4 Å². The third kappa shape index (κ3) is 4.91. The van der Waals surface area contributed by atoms with Gasteiger partial charge in [0.15, 0.2) is 0 Å². The minimum absolute atomic E-state index is 0.320. The second-order valence-corrected chi connectivity index (χ2v) is 5.19. The van der Waals surface area contributed by atoms with Crippen LogP contribution in [-0.4, -0.2) is 24.3 Å². The summed E-state index contributed by atoms with van der Waals surface area (Å²) in [6, 6.07) is 6.18. The molecule has 0 atom stereocenters. The molecule has 0 aliphatic carbocycles. The first-order valence-corrected chi connectivity index (χ1v) is 6.81. The van der Waals surface area contributed by atoms with Crippen LogP contribution >= 0.6 is 0 Å². The van der Waals surface area contributed by atoms with Crippen LogP contribution in [0.3, 0.4) is 0 Å². The topological polar surface area (TPSA) is 92.5 Å². The molecule has 6 nitrogen and oxygen atoms in total. The van der Waals surface area contributed by atoms with E-state index < -0.39 is 17.7 Å². The van der Waals surface area contributed by atoms with Crippen molar-refractivity contribution in [1.29, 1.82) is 0 Å². The zero-order chi connectivity index (χ0) is 16.0. The fraction of sp³-hybridized carbons (Fsp3) is 0.400. The summed E-state index contributed by atoms with van der Waals surface area (Å²) in [5, 5.41) is 2.52. The van der Waals surface area contributed by atoms with Crippen LogP contribution in [0.2, 0.25) is 0 Å². The maximum absolute atomic E-state index is 12.1. The number of amides is 3. The van der Waals surface area contributed by atoms with Gasteiger partial charge in [-0.1, -0.05) is 13.8 Å². The van der Waals surface area contributed by atoms with Gasteiger partial charge in [-0.25, -0.2) is 4.90 Å². The van der Waals surface area contributed by atoms with Crippen LogP contribution < -0.4 is 16.0 Å². The first-order valence-electron chi connectivity index (χ1n) is 6.81. The third-order valence-corrected chi connectivity index (χ3v) is 2.87. The molecular weight excluding hydrogens is 270 g/mol. The van der Waals surface area contributed by atoms with E-state index in [1.807, 2.05) is 13.8 Å². The molecule has 0 aromatic heterocycles. The van der Waals surface area contributed by atoms with Gasteiger partial charge in [-0.2, -0.15) is 0 Å². The zero-order valence-electron chi connectivity index (χ0n) is 12.6. The Morgan fingerprint density at radius 2 is 1.76 bits per heavy atom. The van der Waals surface area contributed by atoms with Crippen molar-refractivity contribution in [2.24, 2.45) is 5.92 Å². The molecule has 0 aliphatic heterocycles. The molecule has 0 spiro atoms. The molecule has 6 heteroatoms. The molecule has 3 amide bonds. The van der Waals surface area contributed by atoms with E-state index in [1.54, 1.807) is 12.1 Å². The monoisotopic (exact) mass is 291 g/mol. The van der Waals surface area contributed by atoms with Crippen molar-refractivity contribution in [3.05, 3.63) is 24.3 Å². The average molecular weight is 291 g/mol. The summed E-state index contributed by atoms with van der Waals surface area (Å²) >= 11 is 0. The van der Waals surface area contributed by atoms with E-state index in [0.29, 0.717) is 23.8 Å². The van der Waals surface area contributed by atoms with Gasteiger partial charge < -0.3 is 11.1 Å². The summed E-state index contributed by atoms with van der Waals surface area (Å²) in [5.74, 6) is -1.79. The van der Waals surface area contributed by atoms with Crippen molar-refractivity contribution in [2.45, 2.75) is 27.2 Å². The summed E-state index contributed by atoms with van der Waals surface area (Å²) in [5.41, 5.74) is 6.40. The summed E-state index contributed by atoms with van der Waals surface area (Å²) < 4.78 is 0. The molecule has 1 aromatic carbocycles. The van der Waals surface area contributed by atoms with Crippen molar-refractivity contribution in [2.75, 3.05) is 17.2 Å². The highest BCUT2D eigenvalue weighted by atomic mass is 16.2. The normalized spacial score (nSPS) is 10.3. The van der Waals surface area contributed by atoms with Crippen LogP contribution in [-0.2, 0) is 14.4 Å². The molecule has 0 unspecified atom stereocenters. The van der Waals surface area contributed by atoms with Gasteiger partial charge in [0, 0.05) is 19.2 Å². The molecule has 21 heavy (non-hydrogen) atoms. The highest BCUT2D eigenvalue weighted by Gasteiger charge is 2.26. The molecule has 3 N–H and O–H groups in total. The molecule has 0 aliphatic rings. The Balaban J connectivity index is 2.81. The van der Waals surface area contributed by atoms with Gasteiger partial charge in [-0.05, 0) is 36.6 Å². The number of nitrogens with two attached hydrogens (primary N) is 1. The molecule has 0 saturated carbocycles. The number of anilines is 2. The Morgan fingerprint density at radius 1 is 1.19 bits per heavy atom. The lowest BCUT2D eigenvalue weighted by atomic mass is 10.1. The number of carbonyl (C=O) groups is 3. The smallest absolute Gasteiger partial charge is 0.323 e. The van der Waals surface area contributed by atoms with Crippen LogP contribution in [0, 0.1) is 5.92 Å². The number of nitrogen functional groups attached to an aromatic ring is 1. The van der Waals surface area contributed by atoms with Crippen LogP contribution in [0.15, 0.2) is 24.3 Å². The average Bonchev–Trinajstić information content (AvgIpc) is 2.40. The number of rotatable bonds is 4. The van der Waals surface area contributed by atoms with Gasteiger partial charge >= 0.3 is 11.8 Å². The van der Waals surface area contributed by atoms with Crippen LogP contribution in [0.25, 0.3) is 0 Å². The molecule has 0 bridgehead atoms. The van der Waals surface area contributed by atoms with Gasteiger partial charge in [0.25, 0.3) is 0 Å². The second-order valence-electron chi connectivity index (χ2n) is 5.19.